The first-order chi connectivity index (χ1) is 8.76. The van der Waals surface area contributed by atoms with E-state index in [0.29, 0.717) is 5.41 Å². The van der Waals surface area contributed by atoms with Gasteiger partial charge in [-0.05, 0) is 37.8 Å². The molecular formula is C15H32N2O. The van der Waals surface area contributed by atoms with Crippen LogP contribution >= 0.6 is 0 Å². The molecular weight excluding hydrogens is 224 g/mol. The summed E-state index contributed by atoms with van der Waals surface area (Å²) in [7, 11) is 0. The van der Waals surface area contributed by atoms with Crippen LogP contribution in [0.25, 0.3) is 0 Å². The first-order valence-electron chi connectivity index (χ1n) is 7.80. The van der Waals surface area contributed by atoms with Crippen molar-refractivity contribution in [3.8, 4) is 0 Å². The first kappa shape index (κ1) is 15.9. The molecule has 0 aromatic rings. The molecule has 0 aromatic heterocycles. The van der Waals surface area contributed by atoms with Crippen LogP contribution in [0.1, 0.15) is 52.4 Å². The van der Waals surface area contributed by atoms with Gasteiger partial charge in [0.2, 0.25) is 0 Å². The summed E-state index contributed by atoms with van der Waals surface area (Å²) in [6, 6.07) is 0. The van der Waals surface area contributed by atoms with E-state index < -0.39 is 0 Å². The molecule has 0 bridgehead atoms. The Bertz CT molecular complexity index is 197. The van der Waals surface area contributed by atoms with E-state index in [0.717, 1.165) is 32.7 Å². The van der Waals surface area contributed by atoms with Gasteiger partial charge in [0.15, 0.2) is 0 Å². The largest absolute Gasteiger partial charge is 0.395 e. The minimum atomic E-state index is 0.289. The highest BCUT2D eigenvalue weighted by Crippen LogP contribution is 2.36. The van der Waals surface area contributed by atoms with Crippen LogP contribution in [-0.2, 0) is 0 Å². The zero-order chi connectivity index (χ0) is 13.3. The lowest BCUT2D eigenvalue weighted by Gasteiger charge is -2.41. The van der Waals surface area contributed by atoms with E-state index in [1.54, 1.807) is 0 Å². The molecule has 0 unspecified atom stereocenters. The highest BCUT2D eigenvalue weighted by Gasteiger charge is 2.33. The number of nitrogens with one attached hydrogen (secondary N) is 1. The molecule has 18 heavy (non-hydrogen) atoms. The second-order valence-electron chi connectivity index (χ2n) is 5.84. The van der Waals surface area contributed by atoms with Crippen LogP contribution in [0.15, 0.2) is 0 Å². The lowest BCUT2D eigenvalue weighted by atomic mass is 9.73. The fourth-order valence-electron chi connectivity index (χ4n) is 3.28. The predicted molar refractivity (Wildman–Crippen MR) is 77.9 cm³/mol. The third kappa shape index (κ3) is 5.25. The molecule has 0 spiro atoms. The topological polar surface area (TPSA) is 35.5 Å². The van der Waals surface area contributed by atoms with Crippen molar-refractivity contribution < 1.29 is 5.11 Å². The average molecular weight is 256 g/mol. The van der Waals surface area contributed by atoms with Crippen LogP contribution in [0.2, 0.25) is 0 Å². The molecule has 2 N–H and O–H groups in total. The van der Waals surface area contributed by atoms with Gasteiger partial charge in [-0.25, -0.2) is 0 Å². The Labute approximate surface area is 113 Å². The molecule has 0 heterocycles. The summed E-state index contributed by atoms with van der Waals surface area (Å²) >= 11 is 0. The van der Waals surface area contributed by atoms with Crippen LogP contribution in [0.5, 0.6) is 0 Å². The molecule has 0 aromatic carbocycles. The van der Waals surface area contributed by atoms with Gasteiger partial charge in [0, 0.05) is 19.6 Å². The van der Waals surface area contributed by atoms with Crippen molar-refractivity contribution in [2.45, 2.75) is 52.4 Å². The zero-order valence-corrected chi connectivity index (χ0v) is 12.4. The van der Waals surface area contributed by atoms with Crippen LogP contribution in [-0.4, -0.2) is 49.3 Å². The molecule has 0 aliphatic heterocycles. The minimum absolute atomic E-state index is 0.289. The van der Waals surface area contributed by atoms with Crippen LogP contribution in [0, 0.1) is 5.41 Å². The zero-order valence-electron chi connectivity index (χ0n) is 12.4. The predicted octanol–water partition coefficient (Wildman–Crippen LogP) is 2.25. The molecule has 0 atom stereocenters. The molecule has 0 saturated heterocycles. The Kier molecular flexibility index (Phi) is 7.87. The molecule has 3 heteroatoms. The molecule has 1 fully saturated rings. The molecule has 1 rings (SSSR count). The van der Waals surface area contributed by atoms with Gasteiger partial charge in [-0.2, -0.15) is 0 Å². The summed E-state index contributed by atoms with van der Waals surface area (Å²) in [4.78, 5) is 2.46. The first-order valence-corrected chi connectivity index (χ1v) is 7.80. The maximum atomic E-state index is 9.20. The van der Waals surface area contributed by atoms with Crippen molar-refractivity contribution in [1.29, 1.82) is 0 Å². The van der Waals surface area contributed by atoms with Crippen molar-refractivity contribution in [2.75, 3.05) is 39.3 Å². The SMILES string of the molecule is CCCN(CCO)CC1(CNCC)CCCCC1. The Morgan fingerprint density at radius 2 is 1.83 bits per heavy atom. The van der Waals surface area contributed by atoms with Gasteiger partial charge in [0.05, 0.1) is 6.61 Å². The lowest BCUT2D eigenvalue weighted by molar-refractivity contribution is 0.0892. The third-order valence-corrected chi connectivity index (χ3v) is 4.18. The van der Waals surface area contributed by atoms with Gasteiger partial charge < -0.3 is 15.3 Å². The summed E-state index contributed by atoms with van der Waals surface area (Å²) in [5, 5.41) is 12.8. The van der Waals surface area contributed by atoms with E-state index in [1.807, 2.05) is 0 Å². The van der Waals surface area contributed by atoms with Gasteiger partial charge in [0.1, 0.15) is 0 Å². The monoisotopic (exact) mass is 256 g/mol. The Morgan fingerprint density at radius 1 is 1.11 bits per heavy atom. The van der Waals surface area contributed by atoms with E-state index in [-0.39, 0.29) is 6.61 Å². The fourth-order valence-corrected chi connectivity index (χ4v) is 3.28. The molecule has 1 aliphatic rings. The lowest BCUT2D eigenvalue weighted by Crippen LogP contribution is -2.46. The molecule has 1 saturated carbocycles. The maximum absolute atomic E-state index is 9.20. The summed E-state index contributed by atoms with van der Waals surface area (Å²) < 4.78 is 0. The Morgan fingerprint density at radius 3 is 2.39 bits per heavy atom. The number of hydrogen-bond acceptors (Lipinski definition) is 3. The van der Waals surface area contributed by atoms with Gasteiger partial charge in [-0.1, -0.05) is 33.1 Å². The van der Waals surface area contributed by atoms with Gasteiger partial charge in [-0.3, -0.25) is 0 Å². The van der Waals surface area contributed by atoms with E-state index in [9.17, 15) is 5.11 Å². The maximum Gasteiger partial charge on any atom is 0.0558 e. The summed E-state index contributed by atoms with van der Waals surface area (Å²) in [5.41, 5.74) is 0.457. The Balaban J connectivity index is 2.56. The number of hydrogen-bond donors (Lipinski definition) is 2. The van der Waals surface area contributed by atoms with Crippen molar-refractivity contribution in [3.05, 3.63) is 0 Å². The average Bonchev–Trinajstić information content (AvgIpc) is 2.38. The highest BCUT2D eigenvalue weighted by atomic mass is 16.3. The number of aliphatic hydroxyl groups is 1. The quantitative estimate of drug-likeness (QED) is 0.664. The summed E-state index contributed by atoms with van der Waals surface area (Å²) in [5.74, 6) is 0. The number of rotatable bonds is 9. The van der Waals surface area contributed by atoms with E-state index in [1.165, 1.54) is 38.5 Å². The van der Waals surface area contributed by atoms with Crippen LogP contribution in [0.3, 0.4) is 0 Å². The fraction of sp³-hybridized carbons (Fsp3) is 1.00. The van der Waals surface area contributed by atoms with Gasteiger partial charge in [-0.15, -0.1) is 0 Å². The summed E-state index contributed by atoms with van der Waals surface area (Å²) in [6.07, 6.45) is 8.05. The Hall–Kier alpha value is -0.120. The second kappa shape index (κ2) is 8.89. The molecule has 108 valence electrons. The van der Waals surface area contributed by atoms with E-state index in [4.69, 9.17) is 0 Å². The third-order valence-electron chi connectivity index (χ3n) is 4.18. The van der Waals surface area contributed by atoms with Crippen LogP contribution < -0.4 is 5.32 Å². The van der Waals surface area contributed by atoms with Crippen molar-refractivity contribution >= 4 is 0 Å². The normalized spacial score (nSPS) is 19.3. The van der Waals surface area contributed by atoms with Crippen molar-refractivity contribution in [2.24, 2.45) is 5.41 Å². The minimum Gasteiger partial charge on any atom is -0.395 e. The standard InChI is InChI=1S/C15H32N2O/c1-3-10-17(11-12-18)14-15(13-16-4-2)8-6-5-7-9-15/h16,18H,3-14H2,1-2H3. The smallest absolute Gasteiger partial charge is 0.0558 e. The van der Waals surface area contributed by atoms with Gasteiger partial charge in [0.25, 0.3) is 0 Å². The van der Waals surface area contributed by atoms with Gasteiger partial charge >= 0.3 is 0 Å². The molecule has 0 amide bonds. The highest BCUT2D eigenvalue weighted by molar-refractivity contribution is 4.87. The van der Waals surface area contributed by atoms with Crippen molar-refractivity contribution in [1.82, 2.24) is 10.2 Å². The van der Waals surface area contributed by atoms with E-state index in [2.05, 4.69) is 24.1 Å². The summed E-state index contributed by atoms with van der Waals surface area (Å²) in [6.45, 7) is 10.0. The van der Waals surface area contributed by atoms with Crippen LogP contribution in [0.4, 0.5) is 0 Å². The molecule has 3 nitrogen and oxygen atoms in total. The number of nitrogens with zero attached hydrogens (tertiary/aromatic N) is 1. The number of aliphatic hydroxyl groups excluding tert-OH is 1. The molecule has 1 aliphatic carbocycles. The molecule has 0 radical (unpaired) electrons. The van der Waals surface area contributed by atoms with Crippen molar-refractivity contribution in [3.63, 3.8) is 0 Å². The second-order valence-corrected chi connectivity index (χ2v) is 5.84. The van der Waals surface area contributed by atoms with E-state index >= 15 is 0 Å².